The molecule has 1 aromatic heterocycles. The van der Waals surface area contributed by atoms with Gasteiger partial charge in [-0.3, -0.25) is 0 Å². The highest BCUT2D eigenvalue weighted by atomic mass is 32.1. The number of halogens is 1. The Labute approximate surface area is 149 Å². The molecule has 0 spiro atoms. The van der Waals surface area contributed by atoms with E-state index in [9.17, 15) is 4.39 Å². The second-order valence-electron chi connectivity index (χ2n) is 5.04. The van der Waals surface area contributed by atoms with Crippen molar-refractivity contribution in [1.82, 2.24) is 4.98 Å². The lowest BCUT2D eigenvalue weighted by atomic mass is 9.99. The molecular formula is C19H31FN2OS. The fourth-order valence-electron chi connectivity index (χ4n) is 2.74. The molecule has 2 aromatic rings. The maximum Gasteiger partial charge on any atom is 0.186 e. The average Bonchev–Trinajstić information content (AvgIpc) is 3.08. The highest BCUT2D eigenvalue weighted by molar-refractivity contribution is 7.22. The summed E-state index contributed by atoms with van der Waals surface area (Å²) in [6.45, 7) is 15.6. The highest BCUT2D eigenvalue weighted by Gasteiger charge is 2.39. The molecule has 0 N–H and O–H groups in total. The number of aryl methyl sites for hydroxylation is 1. The summed E-state index contributed by atoms with van der Waals surface area (Å²) in [5, 5.41) is 0.997. The van der Waals surface area contributed by atoms with E-state index in [0.717, 1.165) is 28.4 Å². The summed E-state index contributed by atoms with van der Waals surface area (Å²) >= 11 is 1.64. The minimum absolute atomic E-state index is 0.177. The summed E-state index contributed by atoms with van der Waals surface area (Å²) in [6, 6.07) is 3.34. The number of ether oxygens (including phenoxy) is 1. The first kappa shape index (κ1) is 20.8. The van der Waals surface area contributed by atoms with Gasteiger partial charge in [0.15, 0.2) is 5.13 Å². The van der Waals surface area contributed by atoms with Gasteiger partial charge in [0.25, 0.3) is 0 Å². The quantitative estimate of drug-likeness (QED) is 0.647. The number of hydrogen-bond acceptors (Lipinski definition) is 4. The molecule has 3 aliphatic rings. The van der Waals surface area contributed by atoms with Crippen LogP contribution in [0.25, 0.3) is 10.2 Å². The Morgan fingerprint density at radius 1 is 1.08 bits per heavy atom. The summed E-state index contributed by atoms with van der Waals surface area (Å²) in [5.41, 5.74) is 1.45. The molecule has 0 saturated carbocycles. The van der Waals surface area contributed by atoms with Crippen LogP contribution in [0.5, 0.6) is 0 Å². The molecule has 24 heavy (non-hydrogen) atoms. The Balaban J connectivity index is 0.000000436. The SMILES string of the molecule is CC.CC.CC.Cc1c(F)ccc2sc(N3CC4CC(C3)O4)nc12. The Morgan fingerprint density at radius 2 is 1.62 bits per heavy atom. The van der Waals surface area contributed by atoms with Crippen LogP contribution < -0.4 is 4.90 Å². The standard InChI is InChI=1S/C13H13FN2OS.3C2H6/c1-7-10(14)2-3-11-12(7)15-13(18-11)16-5-8-4-9(6-16)17-8;3*1-2/h2-3,8-9H,4-6H2,1H3;3*1-2H3. The van der Waals surface area contributed by atoms with Crippen molar-refractivity contribution < 1.29 is 9.13 Å². The van der Waals surface area contributed by atoms with E-state index >= 15 is 0 Å². The first-order valence-corrected chi connectivity index (χ1v) is 9.98. The lowest BCUT2D eigenvalue weighted by molar-refractivity contribution is -0.133. The van der Waals surface area contributed by atoms with Crippen LogP contribution in [0, 0.1) is 12.7 Å². The first-order valence-electron chi connectivity index (χ1n) is 9.17. The summed E-state index contributed by atoms with van der Waals surface area (Å²) in [5.74, 6) is -0.177. The van der Waals surface area contributed by atoms with E-state index in [0.29, 0.717) is 17.8 Å². The molecule has 2 atom stereocenters. The van der Waals surface area contributed by atoms with Gasteiger partial charge in [0.05, 0.1) is 22.4 Å². The van der Waals surface area contributed by atoms with Gasteiger partial charge in [-0.05, 0) is 19.1 Å². The van der Waals surface area contributed by atoms with Crippen LogP contribution in [-0.2, 0) is 4.74 Å². The van der Waals surface area contributed by atoms with Gasteiger partial charge in [0.2, 0.25) is 0 Å². The Morgan fingerprint density at radius 3 is 2.17 bits per heavy atom. The normalized spacial score (nSPS) is 20.6. The molecular weight excluding hydrogens is 323 g/mol. The smallest absolute Gasteiger partial charge is 0.186 e. The highest BCUT2D eigenvalue weighted by Crippen LogP contribution is 2.36. The van der Waals surface area contributed by atoms with E-state index in [4.69, 9.17) is 4.74 Å². The zero-order chi connectivity index (χ0) is 18.3. The van der Waals surface area contributed by atoms with Gasteiger partial charge in [-0.25, -0.2) is 9.37 Å². The zero-order valence-corrected chi connectivity index (χ0v) is 16.8. The second-order valence-corrected chi connectivity index (χ2v) is 6.05. The van der Waals surface area contributed by atoms with Crippen LogP contribution in [0.15, 0.2) is 12.1 Å². The molecule has 2 unspecified atom stereocenters. The second kappa shape index (κ2) is 9.94. The molecule has 3 aliphatic heterocycles. The number of benzene rings is 1. The Hall–Kier alpha value is -1.20. The number of thiazole rings is 1. The van der Waals surface area contributed by atoms with Crippen LogP contribution in [0.1, 0.15) is 53.5 Å². The average molecular weight is 355 g/mol. The fraction of sp³-hybridized carbons (Fsp3) is 0.632. The van der Waals surface area contributed by atoms with Gasteiger partial charge in [-0.1, -0.05) is 52.9 Å². The lowest BCUT2D eigenvalue weighted by Gasteiger charge is -2.46. The first-order chi connectivity index (χ1) is 11.7. The Kier molecular flexibility index (Phi) is 8.63. The molecule has 3 nitrogen and oxygen atoms in total. The maximum absolute atomic E-state index is 13.5. The van der Waals surface area contributed by atoms with Crippen molar-refractivity contribution >= 4 is 26.7 Å². The van der Waals surface area contributed by atoms with Crippen molar-refractivity contribution in [2.45, 2.75) is 67.1 Å². The van der Waals surface area contributed by atoms with E-state index in [1.54, 1.807) is 18.3 Å². The molecule has 0 amide bonds. The number of aromatic nitrogens is 1. The molecule has 2 bridgehead atoms. The van der Waals surface area contributed by atoms with Crippen LogP contribution in [-0.4, -0.2) is 30.3 Å². The van der Waals surface area contributed by atoms with Crippen molar-refractivity contribution in [1.29, 1.82) is 0 Å². The summed E-state index contributed by atoms with van der Waals surface area (Å²) in [4.78, 5) is 6.87. The lowest BCUT2D eigenvalue weighted by Crippen LogP contribution is -2.57. The van der Waals surface area contributed by atoms with Crippen LogP contribution in [0.2, 0.25) is 0 Å². The van der Waals surface area contributed by atoms with Gasteiger partial charge in [0, 0.05) is 25.1 Å². The summed E-state index contributed by atoms with van der Waals surface area (Å²) in [7, 11) is 0. The number of piperidine rings is 1. The largest absolute Gasteiger partial charge is 0.371 e. The molecule has 5 rings (SSSR count). The summed E-state index contributed by atoms with van der Waals surface area (Å²) < 4.78 is 20.2. The number of anilines is 1. The topological polar surface area (TPSA) is 25.4 Å². The molecule has 3 fully saturated rings. The van der Waals surface area contributed by atoms with E-state index in [2.05, 4.69) is 9.88 Å². The van der Waals surface area contributed by atoms with Crippen molar-refractivity contribution in [2.24, 2.45) is 0 Å². The van der Waals surface area contributed by atoms with Crippen molar-refractivity contribution in [3.05, 3.63) is 23.5 Å². The number of hydrogen-bond donors (Lipinski definition) is 0. The van der Waals surface area contributed by atoms with Gasteiger partial charge < -0.3 is 9.64 Å². The third-order valence-corrected chi connectivity index (χ3v) is 4.85. The minimum Gasteiger partial charge on any atom is -0.371 e. The molecule has 5 heteroatoms. The molecule has 4 heterocycles. The van der Waals surface area contributed by atoms with Crippen LogP contribution >= 0.6 is 11.3 Å². The molecule has 3 saturated heterocycles. The van der Waals surface area contributed by atoms with E-state index in [-0.39, 0.29) is 5.82 Å². The summed E-state index contributed by atoms with van der Waals surface area (Å²) in [6.07, 6.45) is 1.91. The van der Waals surface area contributed by atoms with Gasteiger partial charge >= 0.3 is 0 Å². The molecule has 0 aliphatic carbocycles. The third-order valence-electron chi connectivity index (χ3n) is 3.77. The van der Waals surface area contributed by atoms with Crippen molar-refractivity contribution in [2.75, 3.05) is 18.0 Å². The zero-order valence-electron chi connectivity index (χ0n) is 16.0. The van der Waals surface area contributed by atoms with Crippen LogP contribution in [0.4, 0.5) is 9.52 Å². The fourth-order valence-corrected chi connectivity index (χ4v) is 3.78. The Bertz CT molecular complexity index is 613. The predicted octanol–water partition coefficient (Wildman–Crippen LogP) is 5.80. The van der Waals surface area contributed by atoms with Gasteiger partial charge in [0.1, 0.15) is 5.82 Å². The van der Waals surface area contributed by atoms with Crippen LogP contribution in [0.3, 0.4) is 0 Å². The molecule has 0 radical (unpaired) electrons. The number of rotatable bonds is 1. The van der Waals surface area contributed by atoms with Gasteiger partial charge in [-0.2, -0.15) is 0 Å². The van der Waals surface area contributed by atoms with Crippen molar-refractivity contribution in [3.63, 3.8) is 0 Å². The molecule has 136 valence electrons. The third kappa shape index (κ3) is 4.25. The molecule has 1 aromatic carbocycles. The number of nitrogens with zero attached hydrogens (tertiary/aromatic N) is 2. The number of fused-ring (bicyclic) bond motifs is 3. The number of morpholine rings is 1. The van der Waals surface area contributed by atoms with E-state index in [1.165, 1.54) is 12.5 Å². The minimum atomic E-state index is -0.177. The van der Waals surface area contributed by atoms with Gasteiger partial charge in [-0.15, -0.1) is 0 Å². The maximum atomic E-state index is 13.5. The van der Waals surface area contributed by atoms with Crippen molar-refractivity contribution in [3.8, 4) is 0 Å². The van der Waals surface area contributed by atoms with E-state index in [1.807, 2.05) is 47.6 Å². The predicted molar refractivity (Wildman–Crippen MR) is 104 cm³/mol. The monoisotopic (exact) mass is 354 g/mol. The van der Waals surface area contributed by atoms with E-state index < -0.39 is 0 Å².